The highest BCUT2D eigenvalue weighted by Crippen LogP contribution is 2.34. The number of hydrogen-bond acceptors (Lipinski definition) is 5. The number of benzene rings is 4. The molecule has 0 saturated carbocycles. The van der Waals surface area contributed by atoms with Crippen LogP contribution in [0.1, 0.15) is 27.0 Å². The molecule has 0 aliphatic rings. The van der Waals surface area contributed by atoms with Crippen molar-refractivity contribution in [2.45, 2.75) is 19.8 Å². The standard InChI is InChI=1S/C33H27NO5/c35-33(36)28-18-27(19-29(20-28)37-21-24-10-4-1-5-11-24)30-16-17-31(38-22-25-12-6-2-7-13-25)34-32(30)39-23-26-14-8-3-9-15-26/h1-20H,21-23H2,(H,35,36). The zero-order chi connectivity index (χ0) is 26.9. The summed E-state index contributed by atoms with van der Waals surface area (Å²) in [5.41, 5.74) is 4.33. The molecular formula is C33H27NO5. The van der Waals surface area contributed by atoms with Gasteiger partial charge in [0.2, 0.25) is 11.8 Å². The largest absolute Gasteiger partial charge is 0.489 e. The highest BCUT2D eigenvalue weighted by atomic mass is 16.5. The van der Waals surface area contributed by atoms with Gasteiger partial charge in [0.1, 0.15) is 25.6 Å². The first-order chi connectivity index (χ1) is 19.1. The number of carboxylic acid groups (broad SMARTS) is 1. The Morgan fingerprint density at radius 2 is 1.15 bits per heavy atom. The smallest absolute Gasteiger partial charge is 0.335 e. The van der Waals surface area contributed by atoms with E-state index in [2.05, 4.69) is 4.98 Å². The average molecular weight is 518 g/mol. The maximum Gasteiger partial charge on any atom is 0.335 e. The van der Waals surface area contributed by atoms with Crippen molar-refractivity contribution in [2.75, 3.05) is 0 Å². The summed E-state index contributed by atoms with van der Waals surface area (Å²) in [4.78, 5) is 16.6. The Balaban J connectivity index is 1.46. The molecule has 0 fully saturated rings. The van der Waals surface area contributed by atoms with Crippen molar-refractivity contribution >= 4 is 5.97 Å². The molecule has 1 heterocycles. The van der Waals surface area contributed by atoms with Gasteiger partial charge in [-0.05, 0) is 46.5 Å². The Labute approximate surface area is 227 Å². The van der Waals surface area contributed by atoms with Gasteiger partial charge in [-0.25, -0.2) is 4.79 Å². The number of aromatic nitrogens is 1. The van der Waals surface area contributed by atoms with Crippen LogP contribution < -0.4 is 14.2 Å². The molecule has 0 aliphatic carbocycles. The van der Waals surface area contributed by atoms with Crippen molar-refractivity contribution < 1.29 is 24.1 Å². The van der Waals surface area contributed by atoms with Crippen molar-refractivity contribution in [1.82, 2.24) is 4.98 Å². The van der Waals surface area contributed by atoms with E-state index >= 15 is 0 Å². The van der Waals surface area contributed by atoms with E-state index in [1.165, 1.54) is 6.07 Å². The number of hydrogen-bond donors (Lipinski definition) is 1. The van der Waals surface area contributed by atoms with E-state index in [0.717, 1.165) is 16.7 Å². The molecule has 5 rings (SSSR count). The molecule has 6 heteroatoms. The van der Waals surface area contributed by atoms with Gasteiger partial charge >= 0.3 is 5.97 Å². The minimum absolute atomic E-state index is 0.106. The third kappa shape index (κ3) is 7.02. The molecule has 0 aliphatic heterocycles. The molecule has 4 aromatic carbocycles. The molecule has 0 bridgehead atoms. The summed E-state index contributed by atoms with van der Waals surface area (Å²) in [5, 5.41) is 9.79. The fourth-order valence-electron chi connectivity index (χ4n) is 3.99. The third-order valence-electron chi connectivity index (χ3n) is 6.00. The topological polar surface area (TPSA) is 77.9 Å². The van der Waals surface area contributed by atoms with Gasteiger partial charge in [0.25, 0.3) is 0 Å². The maximum absolute atomic E-state index is 12.0. The van der Waals surface area contributed by atoms with E-state index in [9.17, 15) is 9.90 Å². The molecule has 0 radical (unpaired) electrons. The van der Waals surface area contributed by atoms with Crippen LogP contribution in [0.3, 0.4) is 0 Å². The van der Waals surface area contributed by atoms with Gasteiger partial charge < -0.3 is 19.3 Å². The van der Waals surface area contributed by atoms with Crippen molar-refractivity contribution in [3.8, 4) is 28.6 Å². The van der Waals surface area contributed by atoms with E-state index in [-0.39, 0.29) is 5.56 Å². The van der Waals surface area contributed by atoms with Crippen LogP contribution in [0.2, 0.25) is 0 Å². The Kier molecular flexibility index (Phi) is 8.14. The number of aromatic carboxylic acids is 1. The van der Waals surface area contributed by atoms with Crippen LogP contribution in [-0.4, -0.2) is 16.1 Å². The summed E-state index contributed by atoms with van der Waals surface area (Å²) in [6.45, 7) is 0.960. The lowest BCUT2D eigenvalue weighted by Gasteiger charge is -2.15. The molecule has 1 N–H and O–H groups in total. The van der Waals surface area contributed by atoms with Crippen molar-refractivity contribution in [2.24, 2.45) is 0 Å². The predicted molar refractivity (Wildman–Crippen MR) is 149 cm³/mol. The van der Waals surface area contributed by atoms with Gasteiger partial charge in [0.05, 0.1) is 5.56 Å². The lowest BCUT2D eigenvalue weighted by molar-refractivity contribution is 0.0696. The maximum atomic E-state index is 12.0. The Morgan fingerprint density at radius 1 is 0.615 bits per heavy atom. The Morgan fingerprint density at radius 3 is 1.72 bits per heavy atom. The lowest BCUT2D eigenvalue weighted by Crippen LogP contribution is -2.04. The first kappa shape index (κ1) is 25.5. The molecule has 194 valence electrons. The second-order valence-corrected chi connectivity index (χ2v) is 8.88. The molecule has 5 aromatic rings. The highest BCUT2D eigenvalue weighted by molar-refractivity contribution is 5.90. The molecule has 6 nitrogen and oxygen atoms in total. The zero-order valence-electron chi connectivity index (χ0n) is 21.2. The van der Waals surface area contributed by atoms with E-state index < -0.39 is 5.97 Å². The number of carboxylic acids is 1. The molecule has 0 spiro atoms. The van der Waals surface area contributed by atoms with Crippen LogP contribution in [0.25, 0.3) is 11.1 Å². The fraction of sp³-hybridized carbons (Fsp3) is 0.0909. The van der Waals surface area contributed by atoms with Crippen LogP contribution in [0.4, 0.5) is 0 Å². The first-order valence-corrected chi connectivity index (χ1v) is 12.5. The van der Waals surface area contributed by atoms with Crippen LogP contribution in [0.5, 0.6) is 17.5 Å². The monoisotopic (exact) mass is 517 g/mol. The fourth-order valence-corrected chi connectivity index (χ4v) is 3.99. The first-order valence-electron chi connectivity index (χ1n) is 12.5. The summed E-state index contributed by atoms with van der Waals surface area (Å²) in [6, 6.07) is 37.8. The molecular weight excluding hydrogens is 490 g/mol. The summed E-state index contributed by atoms with van der Waals surface area (Å²) in [5.74, 6) is 0.123. The van der Waals surface area contributed by atoms with Crippen molar-refractivity contribution in [3.05, 3.63) is 144 Å². The number of ether oxygens (including phenoxy) is 3. The van der Waals surface area contributed by atoms with Gasteiger partial charge in [-0.15, -0.1) is 0 Å². The molecule has 0 atom stereocenters. The SMILES string of the molecule is O=C(O)c1cc(OCc2ccccc2)cc(-c2ccc(OCc3ccccc3)nc2OCc2ccccc2)c1. The zero-order valence-corrected chi connectivity index (χ0v) is 21.2. The van der Waals surface area contributed by atoms with E-state index in [1.54, 1.807) is 18.2 Å². The van der Waals surface area contributed by atoms with Crippen molar-refractivity contribution in [3.63, 3.8) is 0 Å². The molecule has 1 aromatic heterocycles. The Hall–Kier alpha value is -5.10. The van der Waals surface area contributed by atoms with E-state index in [0.29, 0.717) is 48.5 Å². The number of pyridine rings is 1. The predicted octanol–water partition coefficient (Wildman–Crippen LogP) is 7.18. The molecule has 0 saturated heterocycles. The highest BCUT2D eigenvalue weighted by Gasteiger charge is 2.16. The number of rotatable bonds is 11. The lowest BCUT2D eigenvalue weighted by atomic mass is 10.0. The van der Waals surface area contributed by atoms with Crippen molar-refractivity contribution in [1.29, 1.82) is 0 Å². The van der Waals surface area contributed by atoms with Gasteiger partial charge in [0.15, 0.2) is 0 Å². The summed E-state index contributed by atoms with van der Waals surface area (Å²) in [6.07, 6.45) is 0. The second kappa shape index (κ2) is 12.4. The number of carbonyl (C=O) groups is 1. The molecule has 0 unspecified atom stereocenters. The molecule has 0 amide bonds. The second-order valence-electron chi connectivity index (χ2n) is 8.88. The summed E-state index contributed by atoms with van der Waals surface area (Å²) < 4.78 is 18.1. The third-order valence-corrected chi connectivity index (χ3v) is 6.00. The van der Waals surface area contributed by atoms with Crippen LogP contribution in [-0.2, 0) is 19.8 Å². The minimum atomic E-state index is -1.05. The van der Waals surface area contributed by atoms with E-state index in [4.69, 9.17) is 14.2 Å². The van der Waals surface area contributed by atoms with Gasteiger partial charge in [-0.2, -0.15) is 4.98 Å². The van der Waals surface area contributed by atoms with Crippen LogP contribution in [0, 0.1) is 0 Å². The molecule has 39 heavy (non-hydrogen) atoms. The van der Waals surface area contributed by atoms with Crippen LogP contribution in [0.15, 0.2) is 121 Å². The van der Waals surface area contributed by atoms with Crippen LogP contribution >= 0.6 is 0 Å². The van der Waals surface area contributed by atoms with Gasteiger partial charge in [0, 0.05) is 11.6 Å². The van der Waals surface area contributed by atoms with Gasteiger partial charge in [-0.1, -0.05) is 91.0 Å². The quantitative estimate of drug-likeness (QED) is 0.200. The minimum Gasteiger partial charge on any atom is -0.489 e. The number of nitrogens with zero attached hydrogens (tertiary/aromatic N) is 1. The average Bonchev–Trinajstić information content (AvgIpc) is 2.99. The Bertz CT molecular complexity index is 1520. The van der Waals surface area contributed by atoms with Gasteiger partial charge in [-0.3, -0.25) is 0 Å². The normalized spacial score (nSPS) is 10.6. The van der Waals surface area contributed by atoms with E-state index in [1.807, 2.05) is 97.1 Å². The summed E-state index contributed by atoms with van der Waals surface area (Å²) >= 11 is 0. The summed E-state index contributed by atoms with van der Waals surface area (Å²) in [7, 11) is 0.